The van der Waals surface area contributed by atoms with Crippen molar-refractivity contribution in [1.29, 1.82) is 0 Å². The first kappa shape index (κ1) is 21.6. The summed E-state index contributed by atoms with van der Waals surface area (Å²) in [7, 11) is 2.08. The number of imidazole rings is 1. The number of nitrogens with one attached hydrogen (secondary N) is 2. The van der Waals surface area contributed by atoms with Crippen molar-refractivity contribution in [3.8, 4) is 22.6 Å². The number of rotatable bonds is 3. The molecule has 1 aliphatic heterocycles. The zero-order chi connectivity index (χ0) is 24.9. The summed E-state index contributed by atoms with van der Waals surface area (Å²) in [5.41, 5.74) is 5.35. The highest BCUT2D eigenvalue weighted by atomic mass is 16.2. The van der Waals surface area contributed by atoms with E-state index in [1.54, 1.807) is 0 Å². The molecular weight excluding hydrogens is 464 g/mol. The average Bonchev–Trinajstić information content (AvgIpc) is 3.56. The predicted molar refractivity (Wildman–Crippen MR) is 143 cm³/mol. The minimum Gasteiger partial charge on any atom is -0.337 e. The number of piperazine rings is 1. The number of hydrogen-bond donors (Lipinski definition) is 2. The molecule has 2 aromatic carbocycles. The van der Waals surface area contributed by atoms with E-state index in [0.29, 0.717) is 35.6 Å². The predicted octanol–water partition coefficient (Wildman–Crippen LogP) is 4.10. The van der Waals surface area contributed by atoms with E-state index in [2.05, 4.69) is 55.3 Å². The van der Waals surface area contributed by atoms with Gasteiger partial charge in [-0.2, -0.15) is 5.10 Å². The summed E-state index contributed by atoms with van der Waals surface area (Å²) in [5.74, 6) is 0.629. The van der Waals surface area contributed by atoms with E-state index < -0.39 is 0 Å². The SMILES string of the molecule is CN1CCN(C(=O)c2cccc3[nH]c(-c4[nH]nc5ncc(-c6cncc7ccccc67)cc45)nc23)CC1. The third kappa shape index (κ3) is 3.63. The maximum Gasteiger partial charge on any atom is 0.256 e. The van der Waals surface area contributed by atoms with Gasteiger partial charge in [0.15, 0.2) is 11.5 Å². The number of aromatic nitrogens is 6. The molecule has 6 aromatic rings. The largest absolute Gasteiger partial charge is 0.337 e. The first-order valence-electron chi connectivity index (χ1n) is 12.3. The van der Waals surface area contributed by atoms with Gasteiger partial charge in [-0.05, 0) is 30.6 Å². The fraction of sp³-hybridized carbons (Fsp3) is 0.179. The van der Waals surface area contributed by atoms with Crippen molar-refractivity contribution in [1.82, 2.24) is 39.9 Å². The van der Waals surface area contributed by atoms with Crippen LogP contribution in [0, 0.1) is 0 Å². The second-order valence-corrected chi connectivity index (χ2v) is 9.48. The van der Waals surface area contributed by atoms with Gasteiger partial charge in [0, 0.05) is 61.3 Å². The Balaban J connectivity index is 1.31. The smallest absolute Gasteiger partial charge is 0.256 e. The molecule has 37 heavy (non-hydrogen) atoms. The molecule has 7 rings (SSSR count). The Bertz CT molecular complexity index is 1790. The minimum absolute atomic E-state index is 0.0126. The van der Waals surface area contributed by atoms with Crippen LogP contribution in [0.15, 0.2) is 67.1 Å². The molecule has 9 heteroatoms. The maximum absolute atomic E-state index is 13.4. The Kier molecular flexibility index (Phi) is 4.97. The highest BCUT2D eigenvalue weighted by molar-refractivity contribution is 6.06. The van der Waals surface area contributed by atoms with Crippen LogP contribution < -0.4 is 0 Å². The van der Waals surface area contributed by atoms with Crippen molar-refractivity contribution in [3.05, 3.63) is 72.7 Å². The minimum atomic E-state index is 0.0126. The first-order chi connectivity index (χ1) is 18.2. The lowest BCUT2D eigenvalue weighted by atomic mass is 10.0. The van der Waals surface area contributed by atoms with Crippen LogP contribution in [0.2, 0.25) is 0 Å². The number of nitrogens with zero attached hydrogens (tertiary/aromatic N) is 6. The molecule has 1 aliphatic rings. The van der Waals surface area contributed by atoms with E-state index in [0.717, 1.165) is 51.6 Å². The third-order valence-corrected chi connectivity index (χ3v) is 7.16. The Labute approximate surface area is 212 Å². The molecule has 0 atom stereocenters. The fourth-order valence-corrected chi connectivity index (χ4v) is 5.08. The number of para-hydroxylation sites is 1. The van der Waals surface area contributed by atoms with E-state index in [4.69, 9.17) is 4.98 Å². The van der Waals surface area contributed by atoms with Crippen molar-refractivity contribution >= 4 is 38.7 Å². The molecule has 0 radical (unpaired) electrons. The molecule has 9 nitrogen and oxygen atoms in total. The molecule has 0 unspecified atom stereocenters. The summed E-state index contributed by atoms with van der Waals surface area (Å²) in [6.07, 6.45) is 5.55. The molecule has 5 heterocycles. The zero-order valence-corrected chi connectivity index (χ0v) is 20.3. The van der Waals surface area contributed by atoms with Crippen molar-refractivity contribution in [2.45, 2.75) is 0 Å². The number of carbonyl (C=O) groups is 1. The van der Waals surface area contributed by atoms with Crippen LogP contribution in [0.3, 0.4) is 0 Å². The molecule has 4 aromatic heterocycles. The van der Waals surface area contributed by atoms with E-state index in [-0.39, 0.29) is 5.91 Å². The van der Waals surface area contributed by atoms with Crippen molar-refractivity contribution in [2.75, 3.05) is 33.2 Å². The number of hydrogen-bond acceptors (Lipinski definition) is 6. The van der Waals surface area contributed by atoms with Gasteiger partial charge in [-0.1, -0.05) is 30.3 Å². The van der Waals surface area contributed by atoms with Crippen molar-refractivity contribution < 1.29 is 4.79 Å². The molecule has 0 saturated carbocycles. The molecule has 1 amide bonds. The first-order valence-corrected chi connectivity index (χ1v) is 12.3. The zero-order valence-electron chi connectivity index (χ0n) is 20.3. The normalized spacial score (nSPS) is 14.7. The lowest BCUT2D eigenvalue weighted by molar-refractivity contribution is 0.0666. The van der Waals surface area contributed by atoms with Gasteiger partial charge in [-0.15, -0.1) is 0 Å². The summed E-state index contributed by atoms with van der Waals surface area (Å²) < 4.78 is 0. The second kappa shape index (κ2) is 8.49. The number of benzene rings is 2. The number of pyridine rings is 2. The molecule has 1 saturated heterocycles. The molecule has 1 fully saturated rings. The van der Waals surface area contributed by atoms with Gasteiger partial charge in [0.25, 0.3) is 5.91 Å². The Morgan fingerprint density at radius 2 is 1.81 bits per heavy atom. The van der Waals surface area contributed by atoms with E-state index >= 15 is 0 Å². The Hall–Kier alpha value is -4.63. The van der Waals surface area contributed by atoms with Gasteiger partial charge in [-0.3, -0.25) is 14.9 Å². The van der Waals surface area contributed by atoms with Crippen molar-refractivity contribution in [2.24, 2.45) is 0 Å². The summed E-state index contributed by atoms with van der Waals surface area (Å²) in [6, 6.07) is 15.9. The van der Waals surface area contributed by atoms with Crippen molar-refractivity contribution in [3.63, 3.8) is 0 Å². The maximum atomic E-state index is 13.4. The summed E-state index contributed by atoms with van der Waals surface area (Å²) >= 11 is 0. The second-order valence-electron chi connectivity index (χ2n) is 9.48. The highest BCUT2D eigenvalue weighted by Gasteiger charge is 2.24. The van der Waals surface area contributed by atoms with Gasteiger partial charge in [0.1, 0.15) is 11.2 Å². The number of aromatic amines is 2. The van der Waals surface area contributed by atoms with Crippen LogP contribution in [0.1, 0.15) is 10.4 Å². The summed E-state index contributed by atoms with van der Waals surface area (Å²) in [5, 5.41) is 10.5. The number of fused-ring (bicyclic) bond motifs is 3. The number of likely N-dealkylation sites (N-methyl/N-ethyl adjacent to an activating group) is 1. The molecule has 0 bridgehead atoms. The monoisotopic (exact) mass is 488 g/mol. The molecule has 0 spiro atoms. The standard InChI is InChI=1S/C28H24N8O/c1-35-9-11-36(12-10-35)28(37)20-7-4-8-23-24(20)32-27(31-23)25-21-13-18(15-30-26(21)34-33-25)22-16-29-14-17-5-2-3-6-19(17)22/h2-8,13-16H,9-12H2,1H3,(H,31,32)(H,30,33,34). The Morgan fingerprint density at radius 3 is 2.70 bits per heavy atom. The summed E-state index contributed by atoms with van der Waals surface area (Å²) in [4.78, 5) is 34.8. The van der Waals surface area contributed by atoms with Crippen LogP contribution in [0.25, 0.3) is 55.5 Å². The number of carbonyl (C=O) groups excluding carboxylic acids is 1. The highest BCUT2D eigenvalue weighted by Crippen LogP contribution is 2.32. The lowest BCUT2D eigenvalue weighted by Crippen LogP contribution is -2.47. The van der Waals surface area contributed by atoms with Crippen LogP contribution in [0.5, 0.6) is 0 Å². The van der Waals surface area contributed by atoms with E-state index in [1.165, 1.54) is 0 Å². The van der Waals surface area contributed by atoms with Gasteiger partial charge in [0.05, 0.1) is 16.5 Å². The number of amides is 1. The van der Waals surface area contributed by atoms with Gasteiger partial charge in [0.2, 0.25) is 0 Å². The van der Waals surface area contributed by atoms with Crippen LogP contribution >= 0.6 is 0 Å². The van der Waals surface area contributed by atoms with Gasteiger partial charge >= 0.3 is 0 Å². The Morgan fingerprint density at radius 1 is 0.946 bits per heavy atom. The molecule has 2 N–H and O–H groups in total. The van der Waals surface area contributed by atoms with Gasteiger partial charge in [-0.25, -0.2) is 9.97 Å². The quantitative estimate of drug-likeness (QED) is 0.388. The third-order valence-electron chi connectivity index (χ3n) is 7.16. The van der Waals surface area contributed by atoms with Gasteiger partial charge < -0.3 is 14.8 Å². The topological polar surface area (TPSA) is 107 Å². The van der Waals surface area contributed by atoms with E-state index in [9.17, 15) is 4.79 Å². The van der Waals surface area contributed by atoms with E-state index in [1.807, 2.05) is 53.8 Å². The summed E-state index contributed by atoms with van der Waals surface area (Å²) in [6.45, 7) is 3.17. The molecule has 182 valence electrons. The molecule has 0 aliphatic carbocycles. The fourth-order valence-electron chi connectivity index (χ4n) is 5.08. The van der Waals surface area contributed by atoms with Crippen LogP contribution in [-0.2, 0) is 0 Å². The van der Waals surface area contributed by atoms with Crippen LogP contribution in [0.4, 0.5) is 0 Å². The number of H-pyrrole nitrogens is 2. The average molecular weight is 489 g/mol. The lowest BCUT2D eigenvalue weighted by Gasteiger charge is -2.32. The molecular formula is C28H24N8O. The van der Waals surface area contributed by atoms with Crippen LogP contribution in [-0.4, -0.2) is 79.1 Å².